The fourth-order valence-corrected chi connectivity index (χ4v) is 4.94. The first kappa shape index (κ1) is 24.9. The fraction of sp³-hybridized carbons (Fsp3) is 0.423. The Morgan fingerprint density at radius 1 is 1.27 bits per heavy atom. The van der Waals surface area contributed by atoms with Crippen LogP contribution in [-0.4, -0.2) is 53.7 Å². The van der Waals surface area contributed by atoms with Crippen molar-refractivity contribution in [3.8, 4) is 11.5 Å². The Kier molecular flexibility index (Phi) is 6.70. The van der Waals surface area contributed by atoms with Crippen molar-refractivity contribution < 1.29 is 27.4 Å². The molecule has 1 fully saturated rings. The maximum Gasteiger partial charge on any atom is 0.317 e. The van der Waals surface area contributed by atoms with Crippen LogP contribution in [0.2, 0.25) is 0 Å². The smallest absolute Gasteiger partial charge is 0.317 e. The summed E-state index contributed by atoms with van der Waals surface area (Å²) in [5, 5.41) is 6.48. The second kappa shape index (κ2) is 9.95. The summed E-state index contributed by atoms with van der Waals surface area (Å²) in [5.74, 6) is 1.16. The predicted octanol–water partition coefficient (Wildman–Crippen LogP) is 4.92. The van der Waals surface area contributed by atoms with Crippen molar-refractivity contribution in [2.24, 2.45) is 0 Å². The number of amides is 2. The number of hydrogen-bond donors (Lipinski definition) is 2. The third kappa shape index (κ3) is 4.70. The van der Waals surface area contributed by atoms with Crippen LogP contribution in [0.5, 0.6) is 11.5 Å². The van der Waals surface area contributed by atoms with Gasteiger partial charge in [0.25, 0.3) is 6.43 Å². The molecule has 0 unspecified atom stereocenters. The topological polar surface area (TPSA) is 88.6 Å². The number of carbonyl (C=O) groups excluding carboxylic acids is 1. The lowest BCUT2D eigenvalue weighted by Gasteiger charge is -2.21. The summed E-state index contributed by atoms with van der Waals surface area (Å²) in [6.07, 6.45) is -1.82. The SMILES string of the molecule is CNC(=O)N1CC[C@H](Oc2cc3c(N[C@H](C)c4cccc(C(F)F)c4F)nc(C)nc3c3c2OCC3)C1. The number of anilines is 1. The summed E-state index contributed by atoms with van der Waals surface area (Å²) in [7, 11) is 1.59. The van der Waals surface area contributed by atoms with Gasteiger partial charge < -0.3 is 25.0 Å². The molecular weight excluding hydrogens is 487 g/mol. The van der Waals surface area contributed by atoms with Crippen LogP contribution in [0, 0.1) is 12.7 Å². The van der Waals surface area contributed by atoms with Gasteiger partial charge in [0.1, 0.15) is 23.6 Å². The van der Waals surface area contributed by atoms with Crippen molar-refractivity contribution in [2.75, 3.05) is 32.1 Å². The van der Waals surface area contributed by atoms with Gasteiger partial charge in [-0.1, -0.05) is 18.2 Å². The summed E-state index contributed by atoms with van der Waals surface area (Å²) in [6, 6.07) is 4.97. The number of urea groups is 1. The van der Waals surface area contributed by atoms with Crippen molar-refractivity contribution in [1.29, 1.82) is 0 Å². The minimum Gasteiger partial charge on any atom is -0.489 e. The number of hydrogen-bond acceptors (Lipinski definition) is 6. The molecule has 0 spiro atoms. The number of aromatic nitrogens is 2. The van der Waals surface area contributed by atoms with Crippen molar-refractivity contribution in [2.45, 2.75) is 45.3 Å². The number of benzene rings is 2. The second-order valence-electron chi connectivity index (χ2n) is 9.24. The number of nitrogens with one attached hydrogen (secondary N) is 2. The Balaban J connectivity index is 1.50. The normalized spacial score (nSPS) is 17.6. The standard InChI is InChI=1S/C26H28F3N5O3/c1-13(16-5-4-6-17(21(16)27)24(28)29)31-25-19-11-20(37-15-7-9-34(12-15)26(35)30-3)23-18(8-10-36-23)22(19)32-14(2)33-25/h4-6,11,13,15,24H,7-10,12H2,1-3H3,(H,30,35)(H,31,32,33)/t13-,15+/m1/s1. The van der Waals surface area contributed by atoms with E-state index in [0.29, 0.717) is 66.6 Å². The first-order valence-corrected chi connectivity index (χ1v) is 12.2. The highest BCUT2D eigenvalue weighted by atomic mass is 19.3. The summed E-state index contributed by atoms with van der Waals surface area (Å²) in [5.41, 5.74) is 1.06. The lowest BCUT2D eigenvalue weighted by atomic mass is 10.0. The number of alkyl halides is 2. The molecule has 8 nitrogen and oxygen atoms in total. The zero-order valence-corrected chi connectivity index (χ0v) is 20.8. The van der Waals surface area contributed by atoms with E-state index in [-0.39, 0.29) is 17.7 Å². The molecule has 3 heterocycles. The van der Waals surface area contributed by atoms with Gasteiger partial charge >= 0.3 is 6.03 Å². The van der Waals surface area contributed by atoms with Gasteiger partial charge in [-0.15, -0.1) is 0 Å². The van der Waals surface area contributed by atoms with E-state index in [4.69, 9.17) is 9.47 Å². The third-order valence-electron chi connectivity index (χ3n) is 6.77. The van der Waals surface area contributed by atoms with Crippen molar-refractivity contribution in [1.82, 2.24) is 20.2 Å². The maximum atomic E-state index is 14.8. The molecule has 0 bridgehead atoms. The zero-order chi connectivity index (χ0) is 26.3. The van der Waals surface area contributed by atoms with Crippen LogP contribution >= 0.6 is 0 Å². The summed E-state index contributed by atoms with van der Waals surface area (Å²) >= 11 is 0. The number of ether oxygens (including phenoxy) is 2. The van der Waals surface area contributed by atoms with E-state index in [0.717, 1.165) is 11.6 Å². The molecule has 2 N–H and O–H groups in total. The summed E-state index contributed by atoms with van der Waals surface area (Å²) in [6.45, 7) is 4.95. The van der Waals surface area contributed by atoms with Crippen LogP contribution in [0.25, 0.3) is 10.9 Å². The number of aryl methyl sites for hydroxylation is 1. The van der Waals surface area contributed by atoms with Gasteiger partial charge in [0, 0.05) is 42.9 Å². The van der Waals surface area contributed by atoms with E-state index in [2.05, 4.69) is 20.6 Å². The van der Waals surface area contributed by atoms with Gasteiger partial charge in [0.05, 0.1) is 30.3 Å². The first-order chi connectivity index (χ1) is 17.8. The van der Waals surface area contributed by atoms with Crippen LogP contribution in [0.3, 0.4) is 0 Å². The molecule has 2 aliphatic heterocycles. The first-order valence-electron chi connectivity index (χ1n) is 12.2. The number of fused-ring (bicyclic) bond motifs is 3. The summed E-state index contributed by atoms with van der Waals surface area (Å²) < 4.78 is 53.6. The molecule has 3 aromatic rings. The number of rotatable bonds is 6. The molecule has 1 saturated heterocycles. The van der Waals surface area contributed by atoms with Crippen molar-refractivity contribution in [3.63, 3.8) is 0 Å². The largest absolute Gasteiger partial charge is 0.489 e. The third-order valence-corrected chi connectivity index (χ3v) is 6.77. The van der Waals surface area contributed by atoms with E-state index in [9.17, 15) is 18.0 Å². The molecule has 2 amide bonds. The molecule has 1 aromatic heterocycles. The molecule has 0 saturated carbocycles. The fourth-order valence-electron chi connectivity index (χ4n) is 4.94. The average molecular weight is 516 g/mol. The number of halogens is 3. The van der Waals surface area contributed by atoms with Crippen molar-refractivity contribution >= 4 is 22.8 Å². The maximum absolute atomic E-state index is 14.8. The molecule has 2 aromatic carbocycles. The lowest BCUT2D eigenvalue weighted by molar-refractivity contribution is 0.146. The Labute approximate surface area is 212 Å². The average Bonchev–Trinajstić information content (AvgIpc) is 3.54. The van der Waals surface area contributed by atoms with Gasteiger partial charge in [-0.2, -0.15) is 0 Å². The van der Waals surface area contributed by atoms with Gasteiger partial charge in [0.15, 0.2) is 11.5 Å². The van der Waals surface area contributed by atoms with Crippen LogP contribution < -0.4 is 20.1 Å². The number of likely N-dealkylation sites (tertiary alicyclic amines) is 1. The van der Waals surface area contributed by atoms with Gasteiger partial charge in [-0.25, -0.2) is 27.9 Å². The monoisotopic (exact) mass is 515 g/mol. The number of nitrogens with zero attached hydrogens (tertiary/aromatic N) is 3. The number of carbonyl (C=O) groups is 1. The van der Waals surface area contributed by atoms with Crippen LogP contribution in [-0.2, 0) is 6.42 Å². The molecule has 5 rings (SSSR count). The van der Waals surface area contributed by atoms with Crippen LogP contribution in [0.1, 0.15) is 48.3 Å². The highest BCUT2D eigenvalue weighted by molar-refractivity contribution is 5.95. The minimum atomic E-state index is -2.91. The predicted molar refractivity (Wildman–Crippen MR) is 132 cm³/mol. The highest BCUT2D eigenvalue weighted by Gasteiger charge is 2.31. The van der Waals surface area contributed by atoms with Gasteiger partial charge in [0.2, 0.25) is 0 Å². The highest BCUT2D eigenvalue weighted by Crippen LogP contribution is 2.43. The van der Waals surface area contributed by atoms with E-state index >= 15 is 0 Å². The molecule has 2 atom stereocenters. The Hall–Kier alpha value is -3.76. The zero-order valence-electron chi connectivity index (χ0n) is 20.8. The molecule has 2 aliphatic rings. The van der Waals surface area contributed by atoms with E-state index in [1.807, 2.05) is 0 Å². The second-order valence-corrected chi connectivity index (χ2v) is 9.24. The molecular formula is C26H28F3N5O3. The molecule has 11 heteroatoms. The molecule has 196 valence electrons. The molecule has 37 heavy (non-hydrogen) atoms. The van der Waals surface area contributed by atoms with E-state index in [1.54, 1.807) is 31.9 Å². The van der Waals surface area contributed by atoms with Crippen LogP contribution in [0.15, 0.2) is 24.3 Å². The van der Waals surface area contributed by atoms with Crippen molar-refractivity contribution in [3.05, 3.63) is 52.6 Å². The van der Waals surface area contributed by atoms with E-state index < -0.39 is 23.8 Å². The van der Waals surface area contributed by atoms with Gasteiger partial charge in [-0.3, -0.25) is 0 Å². The Bertz CT molecular complexity index is 1350. The molecule has 0 aliphatic carbocycles. The minimum absolute atomic E-state index is 0.114. The Morgan fingerprint density at radius 3 is 2.81 bits per heavy atom. The van der Waals surface area contributed by atoms with Gasteiger partial charge in [-0.05, 0) is 19.9 Å². The van der Waals surface area contributed by atoms with E-state index in [1.165, 1.54) is 12.1 Å². The Morgan fingerprint density at radius 2 is 2.05 bits per heavy atom. The summed E-state index contributed by atoms with van der Waals surface area (Å²) in [4.78, 5) is 22.9. The molecule has 0 radical (unpaired) electrons. The lowest BCUT2D eigenvalue weighted by Crippen LogP contribution is -2.37. The quantitative estimate of drug-likeness (QED) is 0.485. The van der Waals surface area contributed by atoms with Crippen LogP contribution in [0.4, 0.5) is 23.8 Å².